The monoisotopic (exact) mass is 423 g/mol. The highest BCUT2D eigenvalue weighted by molar-refractivity contribution is 5.85. The Balaban J connectivity index is 1.38. The maximum atomic E-state index is 12.9. The number of hydrogen-bond acceptors (Lipinski definition) is 5. The molecule has 3 heterocycles. The first-order valence-corrected chi connectivity index (χ1v) is 11.5. The fraction of sp³-hybridized carbons (Fsp3) is 0.308. The van der Waals surface area contributed by atoms with Crippen LogP contribution in [0.25, 0.3) is 22.0 Å². The van der Waals surface area contributed by atoms with E-state index in [0.29, 0.717) is 6.54 Å². The molecule has 2 aromatic heterocycles. The zero-order valence-electron chi connectivity index (χ0n) is 18.0. The van der Waals surface area contributed by atoms with Crippen LogP contribution in [0.4, 0.5) is 5.95 Å². The molecule has 0 unspecified atom stereocenters. The van der Waals surface area contributed by atoms with Crippen molar-refractivity contribution in [2.24, 2.45) is 0 Å². The van der Waals surface area contributed by atoms with Gasteiger partial charge in [-0.3, -0.25) is 4.79 Å². The minimum Gasteiger partial charge on any atom is -0.341 e. The normalized spacial score (nSPS) is 15.4. The molecule has 6 nitrogen and oxygen atoms in total. The molecule has 1 fully saturated rings. The molecule has 0 N–H and O–H groups in total. The number of piperidine rings is 1. The second-order valence-corrected chi connectivity index (χ2v) is 8.73. The van der Waals surface area contributed by atoms with E-state index in [-0.39, 0.29) is 5.56 Å². The quantitative estimate of drug-likeness (QED) is 0.499. The van der Waals surface area contributed by atoms with Crippen molar-refractivity contribution in [3.8, 4) is 11.3 Å². The van der Waals surface area contributed by atoms with Crippen molar-refractivity contribution < 1.29 is 0 Å². The average Bonchev–Trinajstić information content (AvgIpc) is 2.85. The first-order valence-electron chi connectivity index (χ1n) is 11.5. The van der Waals surface area contributed by atoms with Gasteiger partial charge in [0.15, 0.2) is 0 Å². The van der Waals surface area contributed by atoms with Crippen LogP contribution in [0.2, 0.25) is 0 Å². The Kier molecular flexibility index (Phi) is 4.71. The molecule has 0 spiro atoms. The van der Waals surface area contributed by atoms with Gasteiger partial charge in [0, 0.05) is 30.9 Å². The lowest BCUT2D eigenvalue weighted by molar-refractivity contribution is 0.567. The van der Waals surface area contributed by atoms with Gasteiger partial charge in [-0.2, -0.15) is 5.10 Å². The fourth-order valence-electron chi connectivity index (χ4n) is 4.94. The number of aryl methyl sites for hydroxylation is 2. The molecule has 1 aliphatic carbocycles. The molecule has 0 atom stereocenters. The van der Waals surface area contributed by atoms with Gasteiger partial charge in [-0.1, -0.05) is 42.5 Å². The van der Waals surface area contributed by atoms with E-state index < -0.39 is 0 Å². The second-order valence-electron chi connectivity index (χ2n) is 8.73. The molecule has 2 aromatic carbocycles. The van der Waals surface area contributed by atoms with Gasteiger partial charge in [0.05, 0.1) is 17.9 Å². The third-order valence-corrected chi connectivity index (χ3v) is 6.66. The first-order chi connectivity index (χ1) is 15.8. The van der Waals surface area contributed by atoms with Crippen LogP contribution in [0, 0.1) is 0 Å². The topological polar surface area (TPSA) is 63.9 Å². The summed E-state index contributed by atoms with van der Waals surface area (Å²) in [5.74, 6) is 0.830. The van der Waals surface area contributed by atoms with Crippen molar-refractivity contribution >= 4 is 16.7 Å². The summed E-state index contributed by atoms with van der Waals surface area (Å²) in [6, 6.07) is 16.2. The van der Waals surface area contributed by atoms with Gasteiger partial charge < -0.3 is 4.90 Å². The standard InChI is InChI=1S/C26H25N5O/c32-24-15-19-11-12-23-22(16-27-26(28-23)30-13-4-1-5-14-30)25(19)29-31(24)17-20-9-6-8-18-7-2-3-10-21(18)20/h2-3,6-10,15-16H,1,4-5,11-14,17H2. The van der Waals surface area contributed by atoms with Gasteiger partial charge >= 0.3 is 0 Å². The summed E-state index contributed by atoms with van der Waals surface area (Å²) < 4.78 is 1.58. The molecule has 32 heavy (non-hydrogen) atoms. The second kappa shape index (κ2) is 7.86. The summed E-state index contributed by atoms with van der Waals surface area (Å²) in [5, 5.41) is 7.13. The van der Waals surface area contributed by atoms with Crippen molar-refractivity contribution in [1.29, 1.82) is 0 Å². The van der Waals surface area contributed by atoms with Crippen LogP contribution in [0.1, 0.15) is 36.1 Å². The molecule has 0 amide bonds. The molecule has 0 saturated carbocycles. The van der Waals surface area contributed by atoms with E-state index >= 15 is 0 Å². The molecule has 2 aliphatic rings. The highest BCUT2D eigenvalue weighted by atomic mass is 16.1. The maximum Gasteiger partial charge on any atom is 0.267 e. The fourth-order valence-corrected chi connectivity index (χ4v) is 4.94. The van der Waals surface area contributed by atoms with E-state index in [9.17, 15) is 4.79 Å². The van der Waals surface area contributed by atoms with Gasteiger partial charge in [0.25, 0.3) is 5.56 Å². The van der Waals surface area contributed by atoms with Gasteiger partial charge in [-0.15, -0.1) is 0 Å². The number of hydrogen-bond donors (Lipinski definition) is 0. The predicted molar refractivity (Wildman–Crippen MR) is 126 cm³/mol. The van der Waals surface area contributed by atoms with Crippen LogP contribution < -0.4 is 10.5 Å². The number of nitrogens with zero attached hydrogens (tertiary/aromatic N) is 5. The largest absolute Gasteiger partial charge is 0.341 e. The lowest BCUT2D eigenvalue weighted by atomic mass is 9.94. The Morgan fingerprint density at radius 1 is 0.938 bits per heavy atom. The molecule has 160 valence electrons. The summed E-state index contributed by atoms with van der Waals surface area (Å²) in [7, 11) is 0. The number of benzene rings is 2. The molecule has 6 rings (SSSR count). The number of anilines is 1. The van der Waals surface area contributed by atoms with Crippen LogP contribution in [-0.4, -0.2) is 32.8 Å². The summed E-state index contributed by atoms with van der Waals surface area (Å²) in [5.41, 5.74) is 4.85. The molecule has 4 aromatic rings. The molecule has 0 radical (unpaired) electrons. The summed E-state index contributed by atoms with van der Waals surface area (Å²) in [6.45, 7) is 2.49. The van der Waals surface area contributed by atoms with Crippen molar-refractivity contribution in [3.05, 3.63) is 81.9 Å². The Hall–Kier alpha value is -3.54. The van der Waals surface area contributed by atoms with Gasteiger partial charge in [-0.05, 0) is 54.0 Å². The Bertz CT molecular complexity index is 1370. The van der Waals surface area contributed by atoms with E-state index in [2.05, 4.69) is 34.1 Å². The molecule has 1 saturated heterocycles. The summed E-state index contributed by atoms with van der Waals surface area (Å²) in [6.07, 6.45) is 7.20. The van der Waals surface area contributed by atoms with E-state index in [0.717, 1.165) is 65.3 Å². The minimum absolute atomic E-state index is 0.0639. The van der Waals surface area contributed by atoms with Crippen molar-refractivity contribution in [3.63, 3.8) is 0 Å². The van der Waals surface area contributed by atoms with Crippen molar-refractivity contribution in [2.75, 3.05) is 18.0 Å². The first kappa shape index (κ1) is 19.2. The van der Waals surface area contributed by atoms with E-state index in [4.69, 9.17) is 10.1 Å². The zero-order valence-corrected chi connectivity index (χ0v) is 18.0. The summed E-state index contributed by atoms with van der Waals surface area (Å²) in [4.78, 5) is 24.7. The van der Waals surface area contributed by atoms with Crippen molar-refractivity contribution in [2.45, 2.75) is 38.6 Å². The highest BCUT2D eigenvalue weighted by Gasteiger charge is 2.23. The average molecular weight is 424 g/mol. The van der Waals surface area contributed by atoms with E-state index in [1.165, 1.54) is 24.6 Å². The minimum atomic E-state index is -0.0639. The Morgan fingerprint density at radius 3 is 2.69 bits per heavy atom. The molecular weight excluding hydrogens is 398 g/mol. The number of aromatic nitrogens is 4. The highest BCUT2D eigenvalue weighted by Crippen LogP contribution is 2.31. The molecule has 6 heteroatoms. The lowest BCUT2D eigenvalue weighted by Crippen LogP contribution is -2.31. The molecular formula is C26H25N5O. The maximum absolute atomic E-state index is 12.9. The lowest BCUT2D eigenvalue weighted by Gasteiger charge is -2.28. The van der Waals surface area contributed by atoms with Crippen LogP contribution in [-0.2, 0) is 19.4 Å². The van der Waals surface area contributed by atoms with E-state index in [1.807, 2.05) is 24.4 Å². The van der Waals surface area contributed by atoms with Gasteiger partial charge in [0.2, 0.25) is 5.95 Å². The number of fused-ring (bicyclic) bond motifs is 4. The van der Waals surface area contributed by atoms with Crippen LogP contribution in [0.15, 0.2) is 59.5 Å². The van der Waals surface area contributed by atoms with E-state index in [1.54, 1.807) is 10.7 Å². The summed E-state index contributed by atoms with van der Waals surface area (Å²) >= 11 is 0. The Labute approximate surface area is 186 Å². The van der Waals surface area contributed by atoms with Crippen LogP contribution in [0.5, 0.6) is 0 Å². The Morgan fingerprint density at radius 2 is 1.78 bits per heavy atom. The third kappa shape index (κ3) is 3.36. The third-order valence-electron chi connectivity index (χ3n) is 6.66. The van der Waals surface area contributed by atoms with Crippen molar-refractivity contribution in [1.82, 2.24) is 19.7 Å². The molecule has 0 bridgehead atoms. The number of rotatable bonds is 3. The van der Waals surface area contributed by atoms with Gasteiger partial charge in [-0.25, -0.2) is 14.6 Å². The zero-order chi connectivity index (χ0) is 21.5. The van der Waals surface area contributed by atoms with Gasteiger partial charge in [0.1, 0.15) is 0 Å². The molecule has 1 aliphatic heterocycles. The van der Waals surface area contributed by atoms with Crippen LogP contribution in [0.3, 0.4) is 0 Å². The smallest absolute Gasteiger partial charge is 0.267 e. The predicted octanol–water partition coefficient (Wildman–Crippen LogP) is 3.99. The SMILES string of the molecule is O=c1cc2c(nn1Cc1cccc3ccccc13)-c1cnc(N3CCCCC3)nc1CC2. The van der Waals surface area contributed by atoms with Crippen LogP contribution >= 0.6 is 0 Å².